The van der Waals surface area contributed by atoms with Crippen LogP contribution in [0.1, 0.15) is 11.4 Å². The van der Waals surface area contributed by atoms with Gasteiger partial charge in [0.15, 0.2) is 11.0 Å². The molecule has 0 saturated heterocycles. The normalized spacial score (nSPS) is 10.4. The highest BCUT2D eigenvalue weighted by Gasteiger charge is 2.19. The molecule has 1 aromatic heterocycles. The first-order valence-electron chi connectivity index (χ1n) is 7.61. The number of hydrogen-bond acceptors (Lipinski definition) is 7. The van der Waals surface area contributed by atoms with Gasteiger partial charge < -0.3 is 9.30 Å². The number of benzene rings is 2. The predicted molar refractivity (Wildman–Crippen MR) is 98.7 cm³/mol. The first-order chi connectivity index (χ1) is 13.0. The molecule has 0 radical (unpaired) electrons. The van der Waals surface area contributed by atoms with Crippen LogP contribution in [0.15, 0.2) is 52.5 Å². The van der Waals surface area contributed by atoms with Crippen molar-refractivity contribution in [1.82, 2.24) is 14.8 Å². The molecular formula is C17H12ClN5O3S. The molecule has 2 aromatic carbocycles. The van der Waals surface area contributed by atoms with E-state index in [1.165, 1.54) is 18.2 Å². The van der Waals surface area contributed by atoms with Gasteiger partial charge in [0.2, 0.25) is 0 Å². The zero-order valence-corrected chi connectivity index (χ0v) is 15.6. The van der Waals surface area contributed by atoms with Gasteiger partial charge in [-0.15, -0.1) is 10.2 Å². The third-order valence-corrected chi connectivity index (χ3v) is 4.93. The summed E-state index contributed by atoms with van der Waals surface area (Å²) in [6.07, 6.45) is 0. The second-order valence-electron chi connectivity index (χ2n) is 5.35. The van der Waals surface area contributed by atoms with Crippen molar-refractivity contribution in [2.45, 2.75) is 16.7 Å². The quantitative estimate of drug-likeness (QED) is 0.454. The van der Waals surface area contributed by atoms with Gasteiger partial charge in [-0.05, 0) is 48.2 Å². The molecule has 0 N–H and O–H groups in total. The molecule has 27 heavy (non-hydrogen) atoms. The minimum Gasteiger partial charge on any atom is -0.486 e. The van der Waals surface area contributed by atoms with Crippen LogP contribution in [0.25, 0.3) is 0 Å². The molecule has 0 unspecified atom stereocenters. The Balaban J connectivity index is 1.78. The summed E-state index contributed by atoms with van der Waals surface area (Å²) in [7, 11) is 1.74. The molecule has 0 aliphatic heterocycles. The Morgan fingerprint density at radius 3 is 2.70 bits per heavy atom. The maximum absolute atomic E-state index is 11.2. The van der Waals surface area contributed by atoms with Gasteiger partial charge in [-0.2, -0.15) is 5.26 Å². The molecule has 10 heteroatoms. The number of aromatic nitrogens is 3. The number of rotatable bonds is 6. The van der Waals surface area contributed by atoms with Crippen LogP contribution in [-0.2, 0) is 13.7 Å². The maximum atomic E-state index is 11.2. The molecule has 3 aromatic rings. The van der Waals surface area contributed by atoms with E-state index in [2.05, 4.69) is 10.2 Å². The second-order valence-corrected chi connectivity index (χ2v) is 6.80. The van der Waals surface area contributed by atoms with Crippen LogP contribution in [0.5, 0.6) is 5.75 Å². The number of nitriles is 1. The molecule has 0 aliphatic carbocycles. The third-order valence-electron chi connectivity index (χ3n) is 3.59. The summed E-state index contributed by atoms with van der Waals surface area (Å²) in [5.74, 6) is 1.18. The highest BCUT2D eigenvalue weighted by Crippen LogP contribution is 2.34. The molecule has 0 fully saturated rings. The Morgan fingerprint density at radius 1 is 1.30 bits per heavy atom. The van der Waals surface area contributed by atoms with Crippen molar-refractivity contribution in [3.63, 3.8) is 0 Å². The molecule has 0 amide bonds. The van der Waals surface area contributed by atoms with Crippen molar-refractivity contribution in [1.29, 1.82) is 5.26 Å². The first kappa shape index (κ1) is 18.7. The Hall–Kier alpha value is -3.09. The van der Waals surface area contributed by atoms with Crippen LogP contribution in [0.3, 0.4) is 0 Å². The lowest BCUT2D eigenvalue weighted by Gasteiger charge is -2.07. The molecule has 8 nitrogen and oxygen atoms in total. The molecule has 136 valence electrons. The summed E-state index contributed by atoms with van der Waals surface area (Å²) < 4.78 is 7.33. The van der Waals surface area contributed by atoms with Crippen molar-refractivity contribution in [2.75, 3.05) is 0 Å². The van der Waals surface area contributed by atoms with Crippen LogP contribution in [-0.4, -0.2) is 19.7 Å². The number of nitro benzene ring substituents is 1. The predicted octanol–water partition coefficient (Wildman–Crippen LogP) is 3.98. The molecule has 0 bridgehead atoms. The average Bonchev–Trinajstić information content (AvgIpc) is 3.00. The summed E-state index contributed by atoms with van der Waals surface area (Å²) in [5, 5.41) is 29.4. The number of halogens is 1. The summed E-state index contributed by atoms with van der Waals surface area (Å²) in [4.78, 5) is 11.0. The van der Waals surface area contributed by atoms with Gasteiger partial charge in [-0.1, -0.05) is 11.6 Å². The van der Waals surface area contributed by atoms with E-state index in [4.69, 9.17) is 21.6 Å². The molecule has 0 saturated carbocycles. The van der Waals surface area contributed by atoms with E-state index >= 15 is 0 Å². The van der Waals surface area contributed by atoms with Gasteiger partial charge in [-0.25, -0.2) is 0 Å². The summed E-state index contributed by atoms with van der Waals surface area (Å²) in [6, 6.07) is 13.1. The second kappa shape index (κ2) is 8.07. The molecule has 0 spiro atoms. The van der Waals surface area contributed by atoms with Crippen molar-refractivity contribution >= 4 is 29.1 Å². The molecule has 0 atom stereocenters. The average molecular weight is 402 g/mol. The summed E-state index contributed by atoms with van der Waals surface area (Å²) >= 11 is 6.90. The molecular weight excluding hydrogens is 390 g/mol. The van der Waals surface area contributed by atoms with Crippen molar-refractivity contribution < 1.29 is 9.66 Å². The fourth-order valence-corrected chi connectivity index (χ4v) is 3.23. The number of hydrogen-bond donors (Lipinski definition) is 0. The van der Waals surface area contributed by atoms with E-state index in [1.807, 2.05) is 6.07 Å². The number of ether oxygens (including phenoxy) is 1. The van der Waals surface area contributed by atoms with Gasteiger partial charge in [0.25, 0.3) is 5.69 Å². The van der Waals surface area contributed by atoms with E-state index in [-0.39, 0.29) is 12.3 Å². The van der Waals surface area contributed by atoms with Gasteiger partial charge in [0.05, 0.1) is 21.5 Å². The number of nitrogens with zero attached hydrogens (tertiary/aromatic N) is 5. The monoisotopic (exact) mass is 401 g/mol. The van der Waals surface area contributed by atoms with Gasteiger partial charge in [-0.3, -0.25) is 10.1 Å². The van der Waals surface area contributed by atoms with Gasteiger partial charge in [0, 0.05) is 18.1 Å². The fraction of sp³-hybridized carbons (Fsp3) is 0.118. The van der Waals surface area contributed by atoms with Crippen LogP contribution in [0.2, 0.25) is 5.02 Å². The van der Waals surface area contributed by atoms with Gasteiger partial charge >= 0.3 is 0 Å². The van der Waals surface area contributed by atoms with Crippen molar-refractivity contribution in [2.24, 2.45) is 7.05 Å². The largest absolute Gasteiger partial charge is 0.486 e. The zero-order chi connectivity index (χ0) is 19.4. The molecule has 0 aliphatic rings. The Bertz CT molecular complexity index is 1030. The third kappa shape index (κ3) is 4.36. The molecule has 3 rings (SSSR count). The highest BCUT2D eigenvalue weighted by molar-refractivity contribution is 7.99. The van der Waals surface area contributed by atoms with Crippen LogP contribution in [0.4, 0.5) is 5.69 Å². The first-order valence-corrected chi connectivity index (χ1v) is 8.80. The SMILES string of the molecule is Cn1c(COc2ccc(Cl)cc2)nnc1Sc1cc(C#N)ccc1[N+](=O)[O-]. The molecule has 1 heterocycles. The van der Waals surface area contributed by atoms with Gasteiger partial charge in [0.1, 0.15) is 12.4 Å². The summed E-state index contributed by atoms with van der Waals surface area (Å²) in [5.41, 5.74) is 0.234. The van der Waals surface area contributed by atoms with Crippen LogP contribution in [0, 0.1) is 21.4 Å². The Kier molecular flexibility index (Phi) is 5.59. The van der Waals surface area contributed by atoms with E-state index < -0.39 is 4.92 Å². The van der Waals surface area contributed by atoms with E-state index in [0.717, 1.165) is 11.8 Å². The minimum atomic E-state index is -0.496. The van der Waals surface area contributed by atoms with Crippen LogP contribution < -0.4 is 4.74 Å². The maximum Gasteiger partial charge on any atom is 0.283 e. The fourth-order valence-electron chi connectivity index (χ4n) is 2.15. The zero-order valence-electron chi connectivity index (χ0n) is 14.0. The number of nitro groups is 1. The topological polar surface area (TPSA) is 107 Å². The van der Waals surface area contributed by atoms with E-state index in [0.29, 0.717) is 32.2 Å². The Labute approximate surface area is 163 Å². The Morgan fingerprint density at radius 2 is 2.04 bits per heavy atom. The summed E-state index contributed by atoms with van der Waals surface area (Å²) in [6.45, 7) is 0.173. The van der Waals surface area contributed by atoms with E-state index in [1.54, 1.807) is 35.9 Å². The lowest BCUT2D eigenvalue weighted by molar-refractivity contribution is -0.387. The van der Waals surface area contributed by atoms with Crippen LogP contribution >= 0.6 is 23.4 Å². The van der Waals surface area contributed by atoms with Crippen molar-refractivity contribution in [3.8, 4) is 11.8 Å². The van der Waals surface area contributed by atoms with E-state index in [9.17, 15) is 10.1 Å². The lowest BCUT2D eigenvalue weighted by atomic mass is 10.2. The highest BCUT2D eigenvalue weighted by atomic mass is 35.5. The standard InChI is InChI=1S/C17H12ClN5O3S/c1-22-16(10-26-13-5-3-12(18)4-6-13)20-21-17(22)27-15-8-11(9-19)2-7-14(15)23(24)25/h2-8H,10H2,1H3. The van der Waals surface area contributed by atoms with Crippen molar-refractivity contribution in [3.05, 3.63) is 69.0 Å². The smallest absolute Gasteiger partial charge is 0.283 e. The minimum absolute atomic E-state index is 0.0963. The lowest BCUT2D eigenvalue weighted by Crippen LogP contribution is -2.04.